The normalized spacial score (nSPS) is 14.7. The number of carbonyl (C=O) groups excluding carboxylic acids is 2. The highest BCUT2D eigenvalue weighted by Crippen LogP contribution is 2.19. The lowest BCUT2D eigenvalue weighted by Gasteiger charge is -2.28. The number of nitrogens with zero attached hydrogens (tertiary/aromatic N) is 5. The van der Waals surface area contributed by atoms with Gasteiger partial charge in [-0.05, 0) is 65.9 Å². The number of nitrogens with one attached hydrogen (secondary N) is 1. The number of hydrogen-bond acceptors (Lipinski definition) is 8. The molecule has 4 rings (SSSR count). The molecule has 160 valence electrons. The van der Waals surface area contributed by atoms with E-state index in [0.717, 1.165) is 18.8 Å². The van der Waals surface area contributed by atoms with E-state index in [4.69, 9.17) is 9.47 Å². The number of aromatic nitrogens is 4. The molecule has 1 fully saturated rings. The van der Waals surface area contributed by atoms with Crippen molar-refractivity contribution in [2.45, 2.75) is 13.0 Å². The van der Waals surface area contributed by atoms with Crippen molar-refractivity contribution in [1.82, 2.24) is 20.2 Å². The van der Waals surface area contributed by atoms with Crippen molar-refractivity contribution in [2.75, 3.05) is 36.5 Å². The maximum atomic E-state index is 12.4. The lowest BCUT2D eigenvalue weighted by molar-refractivity contribution is -0.123. The van der Waals surface area contributed by atoms with Gasteiger partial charge in [0.1, 0.15) is 6.33 Å². The van der Waals surface area contributed by atoms with Crippen LogP contribution in [0, 0.1) is 0 Å². The second-order valence-corrected chi connectivity index (χ2v) is 6.98. The van der Waals surface area contributed by atoms with Crippen LogP contribution in [0.15, 0.2) is 54.9 Å². The first-order valence-corrected chi connectivity index (χ1v) is 9.88. The van der Waals surface area contributed by atoms with Gasteiger partial charge in [0.15, 0.2) is 6.10 Å². The van der Waals surface area contributed by atoms with Gasteiger partial charge in [0.2, 0.25) is 0 Å². The maximum absolute atomic E-state index is 12.4. The molecule has 1 N–H and O–H groups in total. The van der Waals surface area contributed by atoms with E-state index in [9.17, 15) is 9.59 Å². The van der Waals surface area contributed by atoms with Crippen molar-refractivity contribution in [3.63, 3.8) is 0 Å². The minimum Gasteiger partial charge on any atom is -0.449 e. The molecule has 10 heteroatoms. The molecule has 1 saturated heterocycles. The van der Waals surface area contributed by atoms with Crippen LogP contribution in [0.3, 0.4) is 0 Å². The summed E-state index contributed by atoms with van der Waals surface area (Å²) in [6.07, 6.45) is 0.498. The Kier molecular flexibility index (Phi) is 6.18. The number of tetrazole rings is 1. The van der Waals surface area contributed by atoms with Gasteiger partial charge in [0, 0.05) is 24.5 Å². The number of ether oxygens (including phenoxy) is 2. The molecule has 3 aromatic rings. The second kappa shape index (κ2) is 9.35. The first-order valence-electron chi connectivity index (χ1n) is 9.88. The second-order valence-electron chi connectivity index (χ2n) is 6.98. The van der Waals surface area contributed by atoms with Gasteiger partial charge in [-0.25, -0.2) is 9.48 Å². The zero-order valence-corrected chi connectivity index (χ0v) is 17.0. The van der Waals surface area contributed by atoms with Gasteiger partial charge in [-0.3, -0.25) is 4.79 Å². The quantitative estimate of drug-likeness (QED) is 0.598. The Hall–Kier alpha value is -3.79. The molecule has 0 aliphatic carbocycles. The number of morpholine rings is 1. The first kappa shape index (κ1) is 20.5. The van der Waals surface area contributed by atoms with Gasteiger partial charge < -0.3 is 19.7 Å². The molecule has 0 bridgehead atoms. The molecule has 10 nitrogen and oxygen atoms in total. The molecule has 2 heterocycles. The van der Waals surface area contributed by atoms with E-state index in [2.05, 4.69) is 25.7 Å². The zero-order chi connectivity index (χ0) is 21.6. The molecule has 2 aromatic carbocycles. The molecule has 0 unspecified atom stereocenters. The number of hydrogen-bond donors (Lipinski definition) is 1. The summed E-state index contributed by atoms with van der Waals surface area (Å²) in [6, 6.07) is 14.1. The zero-order valence-electron chi connectivity index (χ0n) is 17.0. The summed E-state index contributed by atoms with van der Waals surface area (Å²) in [5, 5.41) is 13.7. The standard InChI is InChI=1S/C21H22N6O4/c1-15(31-21(29)16-2-6-19(7-3-16)27-14-22-24-25-27)20(28)23-17-4-8-18(9-5-17)26-10-12-30-13-11-26/h2-9,14-15H,10-13H2,1H3,(H,23,28)/t15-/m0/s1. The first-order chi connectivity index (χ1) is 15.1. The van der Waals surface area contributed by atoms with Crippen molar-refractivity contribution < 1.29 is 19.1 Å². The molecule has 0 saturated carbocycles. The number of benzene rings is 2. The molecular weight excluding hydrogens is 400 g/mol. The maximum Gasteiger partial charge on any atom is 0.338 e. The monoisotopic (exact) mass is 422 g/mol. The van der Waals surface area contributed by atoms with Gasteiger partial charge in [0.25, 0.3) is 5.91 Å². The topological polar surface area (TPSA) is 111 Å². The molecule has 1 amide bonds. The van der Waals surface area contributed by atoms with Gasteiger partial charge in [-0.2, -0.15) is 0 Å². The summed E-state index contributed by atoms with van der Waals surface area (Å²) in [4.78, 5) is 27.0. The van der Waals surface area contributed by atoms with E-state index in [1.54, 1.807) is 24.3 Å². The van der Waals surface area contributed by atoms with Crippen LogP contribution in [0.5, 0.6) is 0 Å². The highest BCUT2D eigenvalue weighted by Gasteiger charge is 2.19. The molecule has 1 aromatic heterocycles. The average Bonchev–Trinajstić information content (AvgIpc) is 3.35. The minimum absolute atomic E-state index is 0.325. The van der Waals surface area contributed by atoms with Gasteiger partial charge >= 0.3 is 5.97 Å². The van der Waals surface area contributed by atoms with Crippen LogP contribution in [0.25, 0.3) is 5.69 Å². The van der Waals surface area contributed by atoms with E-state index in [0.29, 0.717) is 30.2 Å². The van der Waals surface area contributed by atoms with Crippen LogP contribution >= 0.6 is 0 Å². The third kappa shape index (κ3) is 5.04. The van der Waals surface area contributed by atoms with Crippen LogP contribution in [0.1, 0.15) is 17.3 Å². The van der Waals surface area contributed by atoms with E-state index in [-0.39, 0.29) is 0 Å². The fourth-order valence-electron chi connectivity index (χ4n) is 3.13. The molecule has 0 spiro atoms. The highest BCUT2D eigenvalue weighted by atomic mass is 16.5. The number of rotatable bonds is 6. The summed E-state index contributed by atoms with van der Waals surface area (Å²) in [5.74, 6) is -0.994. The van der Waals surface area contributed by atoms with E-state index in [1.807, 2.05) is 24.3 Å². The number of amides is 1. The van der Waals surface area contributed by atoms with Gasteiger partial charge in [-0.15, -0.1) is 5.10 Å². The third-order valence-electron chi connectivity index (χ3n) is 4.88. The SMILES string of the molecule is C[C@H](OC(=O)c1ccc(-n2cnnn2)cc1)C(=O)Nc1ccc(N2CCOCC2)cc1. The summed E-state index contributed by atoms with van der Waals surface area (Å²) in [5.41, 5.74) is 2.74. The Bertz CT molecular complexity index is 1020. The van der Waals surface area contributed by atoms with Gasteiger partial charge in [-0.1, -0.05) is 0 Å². The Balaban J connectivity index is 1.31. The van der Waals surface area contributed by atoms with Gasteiger partial charge in [0.05, 0.1) is 24.5 Å². The van der Waals surface area contributed by atoms with E-state index >= 15 is 0 Å². The van der Waals surface area contributed by atoms with Crippen LogP contribution in [0.4, 0.5) is 11.4 Å². The average molecular weight is 422 g/mol. The summed E-state index contributed by atoms with van der Waals surface area (Å²) in [7, 11) is 0. The van der Waals surface area contributed by atoms with Crippen molar-refractivity contribution in [1.29, 1.82) is 0 Å². The molecule has 1 aliphatic heterocycles. The van der Waals surface area contributed by atoms with Crippen molar-refractivity contribution >= 4 is 23.3 Å². The molecule has 1 aliphatic rings. The van der Waals surface area contributed by atoms with Crippen LogP contribution in [-0.4, -0.2) is 64.5 Å². The van der Waals surface area contributed by atoms with Crippen molar-refractivity contribution in [3.05, 3.63) is 60.4 Å². The summed E-state index contributed by atoms with van der Waals surface area (Å²) >= 11 is 0. The molecule has 31 heavy (non-hydrogen) atoms. The van der Waals surface area contributed by atoms with Crippen LogP contribution in [0.2, 0.25) is 0 Å². The lowest BCUT2D eigenvalue weighted by Crippen LogP contribution is -2.36. The van der Waals surface area contributed by atoms with Crippen LogP contribution in [-0.2, 0) is 14.3 Å². The Morgan fingerprint density at radius 1 is 1.03 bits per heavy atom. The molecule has 0 radical (unpaired) electrons. The smallest absolute Gasteiger partial charge is 0.338 e. The Morgan fingerprint density at radius 2 is 1.71 bits per heavy atom. The summed E-state index contributed by atoms with van der Waals surface area (Å²) in [6.45, 7) is 4.64. The van der Waals surface area contributed by atoms with Crippen LogP contribution < -0.4 is 10.2 Å². The van der Waals surface area contributed by atoms with Crippen molar-refractivity contribution in [3.8, 4) is 5.69 Å². The predicted molar refractivity (Wildman–Crippen MR) is 112 cm³/mol. The Morgan fingerprint density at radius 3 is 2.35 bits per heavy atom. The number of esters is 1. The predicted octanol–water partition coefficient (Wildman–Crippen LogP) is 1.68. The number of anilines is 2. The third-order valence-corrected chi connectivity index (χ3v) is 4.88. The minimum atomic E-state index is -0.953. The fraction of sp³-hybridized carbons (Fsp3) is 0.286. The highest BCUT2D eigenvalue weighted by molar-refractivity contribution is 5.97. The fourth-order valence-corrected chi connectivity index (χ4v) is 3.13. The lowest BCUT2D eigenvalue weighted by atomic mass is 10.2. The van der Waals surface area contributed by atoms with E-state index < -0.39 is 18.0 Å². The largest absolute Gasteiger partial charge is 0.449 e. The van der Waals surface area contributed by atoms with E-state index in [1.165, 1.54) is 17.9 Å². The molecule has 1 atom stereocenters. The molecular formula is C21H22N6O4. The summed E-state index contributed by atoms with van der Waals surface area (Å²) < 4.78 is 12.1. The van der Waals surface area contributed by atoms with Crippen molar-refractivity contribution in [2.24, 2.45) is 0 Å². The Labute approximate surface area is 178 Å². The number of carbonyl (C=O) groups is 2.